The van der Waals surface area contributed by atoms with E-state index in [9.17, 15) is 4.79 Å². The van der Waals surface area contributed by atoms with Crippen molar-refractivity contribution in [2.45, 2.75) is 25.8 Å². The lowest BCUT2D eigenvalue weighted by Gasteiger charge is -2.17. The molecule has 3 N–H and O–H groups in total. The van der Waals surface area contributed by atoms with Crippen molar-refractivity contribution in [1.82, 2.24) is 10.3 Å². The van der Waals surface area contributed by atoms with E-state index >= 15 is 0 Å². The number of H-pyrrole nitrogens is 1. The quantitative estimate of drug-likeness (QED) is 0.669. The van der Waals surface area contributed by atoms with Crippen LogP contribution >= 0.6 is 0 Å². The van der Waals surface area contributed by atoms with E-state index in [-0.39, 0.29) is 6.04 Å². The monoisotopic (exact) mass is 308 g/mol. The predicted octanol–water partition coefficient (Wildman–Crippen LogP) is 3.90. The Morgan fingerprint density at radius 2 is 1.78 bits per heavy atom. The zero-order chi connectivity index (χ0) is 16.2. The van der Waals surface area contributed by atoms with Crippen LogP contribution in [0.2, 0.25) is 0 Å². The molecule has 1 aromatic heterocycles. The van der Waals surface area contributed by atoms with Gasteiger partial charge in [0.1, 0.15) is 0 Å². The van der Waals surface area contributed by atoms with E-state index in [4.69, 9.17) is 5.11 Å². The maximum Gasteiger partial charge on any atom is 0.404 e. The van der Waals surface area contributed by atoms with Crippen LogP contribution in [0.25, 0.3) is 10.9 Å². The molecule has 3 rings (SSSR count). The topological polar surface area (TPSA) is 65.1 Å². The highest BCUT2D eigenvalue weighted by Crippen LogP contribution is 2.24. The fraction of sp³-hybridized carbons (Fsp3) is 0.211. The molecule has 2 aromatic carbocycles. The zero-order valence-electron chi connectivity index (χ0n) is 13.0. The Morgan fingerprint density at radius 3 is 2.52 bits per heavy atom. The predicted molar refractivity (Wildman–Crippen MR) is 91.8 cm³/mol. The molecule has 0 aliphatic heterocycles. The summed E-state index contributed by atoms with van der Waals surface area (Å²) >= 11 is 0. The molecule has 0 saturated heterocycles. The molecular weight excluding hydrogens is 288 g/mol. The van der Waals surface area contributed by atoms with Crippen LogP contribution in [0.4, 0.5) is 4.79 Å². The van der Waals surface area contributed by atoms with Gasteiger partial charge in [-0.2, -0.15) is 0 Å². The van der Waals surface area contributed by atoms with E-state index in [0.717, 1.165) is 22.2 Å². The van der Waals surface area contributed by atoms with Crippen LogP contribution in [0.5, 0.6) is 0 Å². The summed E-state index contributed by atoms with van der Waals surface area (Å²) in [5.74, 6) is 0. The third-order valence-corrected chi connectivity index (χ3v) is 4.13. The molecule has 0 bridgehead atoms. The van der Waals surface area contributed by atoms with Gasteiger partial charge in [0.2, 0.25) is 0 Å². The van der Waals surface area contributed by atoms with Gasteiger partial charge in [-0.3, -0.25) is 0 Å². The van der Waals surface area contributed by atoms with Crippen molar-refractivity contribution in [3.63, 3.8) is 0 Å². The van der Waals surface area contributed by atoms with Gasteiger partial charge in [0.05, 0.1) is 0 Å². The van der Waals surface area contributed by atoms with Gasteiger partial charge in [-0.25, -0.2) is 4.79 Å². The Hall–Kier alpha value is -2.75. The number of aromatic amines is 1. The van der Waals surface area contributed by atoms with Crippen LogP contribution in [0.15, 0.2) is 54.6 Å². The van der Waals surface area contributed by atoms with Crippen LogP contribution in [-0.2, 0) is 12.8 Å². The van der Waals surface area contributed by atoms with Gasteiger partial charge in [-0.05, 0) is 37.0 Å². The number of hydrogen-bond donors (Lipinski definition) is 3. The minimum absolute atomic E-state index is 0.159. The highest BCUT2D eigenvalue weighted by Gasteiger charge is 2.17. The molecule has 0 saturated carbocycles. The molecule has 0 radical (unpaired) electrons. The molecular formula is C19H20N2O2. The highest BCUT2D eigenvalue weighted by atomic mass is 16.4. The third-order valence-electron chi connectivity index (χ3n) is 4.13. The molecule has 1 heterocycles. The van der Waals surface area contributed by atoms with Gasteiger partial charge in [-0.1, -0.05) is 48.5 Å². The van der Waals surface area contributed by atoms with Crippen LogP contribution in [0.3, 0.4) is 0 Å². The number of aromatic nitrogens is 1. The molecule has 0 fully saturated rings. The first kappa shape index (κ1) is 15.2. The number of aryl methyl sites for hydroxylation is 1. The van der Waals surface area contributed by atoms with Crippen LogP contribution < -0.4 is 5.32 Å². The Labute approximate surface area is 135 Å². The second-order valence-corrected chi connectivity index (χ2v) is 5.81. The van der Waals surface area contributed by atoms with Gasteiger partial charge in [-0.15, -0.1) is 0 Å². The van der Waals surface area contributed by atoms with E-state index in [1.165, 1.54) is 5.56 Å². The van der Waals surface area contributed by atoms with Gasteiger partial charge < -0.3 is 15.4 Å². The fourth-order valence-corrected chi connectivity index (χ4v) is 3.09. The van der Waals surface area contributed by atoms with Gasteiger partial charge >= 0.3 is 6.09 Å². The first-order chi connectivity index (χ1) is 11.1. The van der Waals surface area contributed by atoms with Crippen molar-refractivity contribution in [2.24, 2.45) is 0 Å². The lowest BCUT2D eigenvalue weighted by atomic mass is 9.97. The maximum absolute atomic E-state index is 11.2. The van der Waals surface area contributed by atoms with E-state index in [1.807, 2.05) is 55.5 Å². The van der Waals surface area contributed by atoms with Crippen molar-refractivity contribution in [2.75, 3.05) is 0 Å². The summed E-state index contributed by atoms with van der Waals surface area (Å²) in [5, 5.41) is 13.0. The molecule has 23 heavy (non-hydrogen) atoms. The number of carboxylic acid groups (broad SMARTS) is 1. The first-order valence-corrected chi connectivity index (χ1v) is 7.73. The van der Waals surface area contributed by atoms with Crippen LogP contribution in [0.1, 0.15) is 16.8 Å². The smallest absolute Gasteiger partial charge is 0.404 e. The Morgan fingerprint density at radius 1 is 1.09 bits per heavy atom. The second-order valence-electron chi connectivity index (χ2n) is 5.81. The lowest BCUT2D eigenvalue weighted by molar-refractivity contribution is 0.189. The van der Waals surface area contributed by atoms with Crippen molar-refractivity contribution >= 4 is 17.0 Å². The summed E-state index contributed by atoms with van der Waals surface area (Å²) in [6.45, 7) is 2.04. The number of nitrogens with one attached hydrogen (secondary N) is 2. The first-order valence-electron chi connectivity index (χ1n) is 7.73. The number of rotatable bonds is 5. The minimum Gasteiger partial charge on any atom is -0.465 e. The fourth-order valence-electron chi connectivity index (χ4n) is 3.09. The normalized spacial score (nSPS) is 12.2. The van der Waals surface area contributed by atoms with E-state index in [1.54, 1.807) is 0 Å². The summed E-state index contributed by atoms with van der Waals surface area (Å²) in [4.78, 5) is 14.5. The van der Waals surface area contributed by atoms with Crippen molar-refractivity contribution < 1.29 is 9.90 Å². The molecule has 0 aliphatic carbocycles. The molecule has 4 nitrogen and oxygen atoms in total. The minimum atomic E-state index is -0.983. The average molecular weight is 308 g/mol. The van der Waals surface area contributed by atoms with Crippen molar-refractivity contribution in [1.29, 1.82) is 0 Å². The van der Waals surface area contributed by atoms with Crippen LogP contribution in [-0.4, -0.2) is 22.2 Å². The number of benzene rings is 2. The zero-order valence-corrected chi connectivity index (χ0v) is 13.0. The number of para-hydroxylation sites is 1. The van der Waals surface area contributed by atoms with E-state index < -0.39 is 6.09 Å². The van der Waals surface area contributed by atoms with E-state index in [0.29, 0.717) is 12.8 Å². The van der Waals surface area contributed by atoms with Gasteiger partial charge in [0, 0.05) is 22.6 Å². The number of fused-ring (bicyclic) bond motifs is 1. The Balaban J connectivity index is 1.88. The number of hydrogen-bond acceptors (Lipinski definition) is 1. The van der Waals surface area contributed by atoms with Crippen LogP contribution in [0, 0.1) is 6.92 Å². The summed E-state index contributed by atoms with van der Waals surface area (Å²) in [5.41, 5.74) is 4.49. The average Bonchev–Trinajstić information content (AvgIpc) is 2.84. The SMILES string of the molecule is Cc1[nH]c2ccccc2c1C[C@@H](Cc1ccccc1)NC(=O)O. The summed E-state index contributed by atoms with van der Waals surface area (Å²) in [6.07, 6.45) is 0.353. The molecule has 3 aromatic rings. The molecule has 0 unspecified atom stereocenters. The summed E-state index contributed by atoms with van der Waals surface area (Å²) in [7, 11) is 0. The maximum atomic E-state index is 11.2. The Bertz CT molecular complexity index is 809. The standard InChI is InChI=1S/C19H20N2O2/c1-13-17(16-9-5-6-10-18(16)20-13)12-15(21-19(22)23)11-14-7-3-2-4-8-14/h2-10,15,20-21H,11-12H2,1H3,(H,22,23)/t15-/m1/s1. The summed E-state index contributed by atoms with van der Waals surface area (Å²) < 4.78 is 0. The summed E-state index contributed by atoms with van der Waals surface area (Å²) in [6, 6.07) is 17.9. The second kappa shape index (κ2) is 6.57. The Kier molecular flexibility index (Phi) is 4.33. The number of amides is 1. The molecule has 0 aliphatic rings. The highest BCUT2D eigenvalue weighted by molar-refractivity contribution is 5.84. The third kappa shape index (κ3) is 3.54. The molecule has 4 heteroatoms. The van der Waals surface area contributed by atoms with E-state index in [2.05, 4.69) is 16.4 Å². The molecule has 1 atom stereocenters. The lowest BCUT2D eigenvalue weighted by Crippen LogP contribution is -2.37. The number of carbonyl (C=O) groups is 1. The van der Waals surface area contributed by atoms with Gasteiger partial charge in [0.15, 0.2) is 0 Å². The van der Waals surface area contributed by atoms with Crippen molar-refractivity contribution in [3.8, 4) is 0 Å². The molecule has 0 spiro atoms. The largest absolute Gasteiger partial charge is 0.465 e. The van der Waals surface area contributed by atoms with Crippen molar-refractivity contribution in [3.05, 3.63) is 71.4 Å². The molecule has 118 valence electrons. The van der Waals surface area contributed by atoms with Gasteiger partial charge in [0.25, 0.3) is 0 Å². The molecule has 1 amide bonds.